The summed E-state index contributed by atoms with van der Waals surface area (Å²) in [5, 5.41) is 2.92. The van der Waals surface area contributed by atoms with Gasteiger partial charge in [-0.15, -0.1) is 0 Å². The topological polar surface area (TPSA) is 66.5 Å². The lowest BCUT2D eigenvalue weighted by atomic mass is 10.1. The Labute approximate surface area is 161 Å². The molecule has 5 nitrogen and oxygen atoms in total. The first kappa shape index (κ1) is 19.6. The summed E-state index contributed by atoms with van der Waals surface area (Å²) in [6.45, 7) is 4.95. The van der Waals surface area contributed by atoms with Crippen LogP contribution in [0, 0.1) is 13.8 Å². The second kappa shape index (κ2) is 8.23. The van der Waals surface area contributed by atoms with Crippen LogP contribution < -0.4 is 5.32 Å². The molecule has 1 N–H and O–H groups in total. The minimum Gasteiger partial charge on any atom is -0.322 e. The van der Waals surface area contributed by atoms with Crippen LogP contribution in [0.25, 0.3) is 0 Å². The maximum atomic E-state index is 13.0. The van der Waals surface area contributed by atoms with Gasteiger partial charge in [0, 0.05) is 24.3 Å². The molecule has 0 radical (unpaired) electrons. The van der Waals surface area contributed by atoms with Crippen molar-refractivity contribution in [2.75, 3.05) is 18.4 Å². The van der Waals surface area contributed by atoms with Crippen LogP contribution in [-0.4, -0.2) is 31.7 Å². The highest BCUT2D eigenvalue weighted by Crippen LogP contribution is 2.23. The predicted octanol–water partition coefficient (Wildman–Crippen LogP) is 4.12. The van der Waals surface area contributed by atoms with Crippen molar-refractivity contribution in [1.29, 1.82) is 0 Å². The summed E-state index contributed by atoms with van der Waals surface area (Å²) in [5.74, 6) is -0.305. The molecule has 0 aliphatic carbocycles. The van der Waals surface area contributed by atoms with Gasteiger partial charge in [0.05, 0.1) is 4.90 Å². The number of nitrogens with one attached hydrogen (secondary N) is 1. The number of benzene rings is 2. The van der Waals surface area contributed by atoms with Gasteiger partial charge in [-0.3, -0.25) is 4.79 Å². The number of amides is 1. The Kier molecular flexibility index (Phi) is 5.97. The fourth-order valence-electron chi connectivity index (χ4n) is 3.43. The third-order valence-corrected chi connectivity index (χ3v) is 6.91. The summed E-state index contributed by atoms with van der Waals surface area (Å²) >= 11 is 0. The number of nitrogens with zero attached hydrogens (tertiary/aromatic N) is 1. The Morgan fingerprint density at radius 1 is 0.926 bits per heavy atom. The molecule has 0 spiro atoms. The average Bonchev–Trinajstić information content (AvgIpc) is 2.95. The van der Waals surface area contributed by atoms with Crippen molar-refractivity contribution in [3.8, 4) is 0 Å². The summed E-state index contributed by atoms with van der Waals surface area (Å²) < 4.78 is 27.5. The molecular weight excluding hydrogens is 360 g/mol. The van der Waals surface area contributed by atoms with Gasteiger partial charge in [-0.1, -0.05) is 37.1 Å². The molecule has 144 valence electrons. The Bertz CT molecular complexity index is 910. The molecule has 1 fully saturated rings. The Balaban J connectivity index is 1.85. The van der Waals surface area contributed by atoms with E-state index in [1.165, 1.54) is 6.07 Å². The van der Waals surface area contributed by atoms with E-state index >= 15 is 0 Å². The average molecular weight is 387 g/mol. The Morgan fingerprint density at radius 2 is 1.52 bits per heavy atom. The number of hydrogen-bond donors (Lipinski definition) is 1. The van der Waals surface area contributed by atoms with E-state index in [9.17, 15) is 13.2 Å². The van der Waals surface area contributed by atoms with Crippen LogP contribution in [0.1, 0.15) is 47.2 Å². The maximum absolute atomic E-state index is 13.0. The SMILES string of the molecule is Cc1cccc(C)c1NC(=O)c1cccc(S(=O)(=O)N2CCCCCC2)c1. The highest BCUT2D eigenvalue weighted by molar-refractivity contribution is 7.89. The second-order valence-electron chi connectivity index (χ2n) is 7.07. The van der Waals surface area contributed by atoms with Gasteiger partial charge in [0.2, 0.25) is 10.0 Å². The van der Waals surface area contributed by atoms with Crippen LogP contribution in [0.3, 0.4) is 0 Å². The van der Waals surface area contributed by atoms with Crippen LogP contribution >= 0.6 is 0 Å². The molecule has 1 saturated heterocycles. The number of para-hydroxylation sites is 1. The molecule has 0 bridgehead atoms. The van der Waals surface area contributed by atoms with Gasteiger partial charge in [-0.05, 0) is 56.0 Å². The number of carbonyl (C=O) groups excluding carboxylic acids is 1. The molecule has 1 aliphatic heterocycles. The van der Waals surface area contributed by atoms with Gasteiger partial charge >= 0.3 is 0 Å². The van der Waals surface area contributed by atoms with E-state index in [1.54, 1.807) is 22.5 Å². The standard InChI is InChI=1S/C21H26N2O3S/c1-16-9-7-10-17(2)20(16)22-21(24)18-11-8-12-19(15-18)27(25,26)23-13-5-3-4-6-14-23/h7-12,15H,3-6,13-14H2,1-2H3,(H,22,24). The highest BCUT2D eigenvalue weighted by Gasteiger charge is 2.25. The smallest absolute Gasteiger partial charge is 0.255 e. The van der Waals surface area contributed by atoms with Crippen molar-refractivity contribution in [2.24, 2.45) is 0 Å². The molecular formula is C21H26N2O3S. The highest BCUT2D eigenvalue weighted by atomic mass is 32.2. The fraction of sp³-hybridized carbons (Fsp3) is 0.381. The first-order chi connectivity index (χ1) is 12.9. The summed E-state index contributed by atoms with van der Waals surface area (Å²) in [6, 6.07) is 12.1. The Morgan fingerprint density at radius 3 is 2.15 bits per heavy atom. The minimum absolute atomic E-state index is 0.179. The molecule has 0 aromatic heterocycles. The molecule has 1 aliphatic rings. The third-order valence-electron chi connectivity index (χ3n) is 5.02. The molecule has 1 heterocycles. The maximum Gasteiger partial charge on any atom is 0.255 e. The molecule has 2 aromatic carbocycles. The predicted molar refractivity (Wildman–Crippen MR) is 108 cm³/mol. The van der Waals surface area contributed by atoms with E-state index < -0.39 is 10.0 Å². The van der Waals surface area contributed by atoms with Crippen LogP contribution in [0.15, 0.2) is 47.4 Å². The van der Waals surface area contributed by atoms with Crippen molar-refractivity contribution in [2.45, 2.75) is 44.4 Å². The van der Waals surface area contributed by atoms with E-state index in [4.69, 9.17) is 0 Å². The number of hydrogen-bond acceptors (Lipinski definition) is 3. The van der Waals surface area contributed by atoms with E-state index in [2.05, 4.69) is 5.32 Å². The van der Waals surface area contributed by atoms with E-state index in [0.29, 0.717) is 18.7 Å². The first-order valence-corrected chi connectivity index (χ1v) is 10.8. The molecule has 3 rings (SSSR count). The van der Waals surface area contributed by atoms with Gasteiger partial charge in [0.15, 0.2) is 0 Å². The lowest BCUT2D eigenvalue weighted by Gasteiger charge is -2.20. The summed E-state index contributed by atoms with van der Waals surface area (Å²) in [4.78, 5) is 12.9. The van der Waals surface area contributed by atoms with Crippen LogP contribution in [0.4, 0.5) is 5.69 Å². The van der Waals surface area contributed by atoms with Crippen molar-refractivity contribution < 1.29 is 13.2 Å². The van der Waals surface area contributed by atoms with Crippen molar-refractivity contribution >= 4 is 21.6 Å². The zero-order chi connectivity index (χ0) is 19.4. The molecule has 0 unspecified atom stereocenters. The summed E-state index contributed by atoms with van der Waals surface area (Å²) in [6.07, 6.45) is 3.88. The van der Waals surface area contributed by atoms with Gasteiger partial charge in [0.1, 0.15) is 0 Å². The second-order valence-corrected chi connectivity index (χ2v) is 9.00. The lowest BCUT2D eigenvalue weighted by molar-refractivity contribution is 0.102. The number of rotatable bonds is 4. The van der Waals surface area contributed by atoms with E-state index in [-0.39, 0.29) is 10.8 Å². The number of sulfonamides is 1. The molecule has 27 heavy (non-hydrogen) atoms. The zero-order valence-corrected chi connectivity index (χ0v) is 16.7. The summed E-state index contributed by atoms with van der Waals surface area (Å²) in [7, 11) is -3.58. The van der Waals surface area contributed by atoms with Crippen molar-refractivity contribution in [3.05, 3.63) is 59.2 Å². The molecule has 2 aromatic rings. The lowest BCUT2D eigenvalue weighted by Crippen LogP contribution is -2.32. The van der Waals surface area contributed by atoms with Gasteiger partial charge < -0.3 is 5.32 Å². The Hall–Kier alpha value is -2.18. The summed E-state index contributed by atoms with van der Waals surface area (Å²) in [5.41, 5.74) is 3.05. The molecule has 1 amide bonds. The van der Waals surface area contributed by atoms with Crippen molar-refractivity contribution in [3.63, 3.8) is 0 Å². The molecule has 0 saturated carbocycles. The van der Waals surface area contributed by atoms with Crippen molar-refractivity contribution in [1.82, 2.24) is 4.31 Å². The van der Waals surface area contributed by atoms with Crippen LogP contribution in [0.5, 0.6) is 0 Å². The van der Waals surface area contributed by atoms with Gasteiger partial charge in [-0.2, -0.15) is 4.31 Å². The van der Waals surface area contributed by atoms with E-state index in [1.807, 2.05) is 32.0 Å². The van der Waals surface area contributed by atoms with Gasteiger partial charge in [0.25, 0.3) is 5.91 Å². The first-order valence-electron chi connectivity index (χ1n) is 9.37. The number of aryl methyl sites for hydroxylation is 2. The largest absolute Gasteiger partial charge is 0.322 e. The van der Waals surface area contributed by atoms with Crippen LogP contribution in [-0.2, 0) is 10.0 Å². The number of carbonyl (C=O) groups is 1. The third kappa shape index (κ3) is 4.39. The van der Waals surface area contributed by atoms with Crippen LogP contribution in [0.2, 0.25) is 0 Å². The molecule has 0 atom stereocenters. The zero-order valence-electron chi connectivity index (χ0n) is 15.9. The number of anilines is 1. The quantitative estimate of drug-likeness (QED) is 0.859. The molecule has 6 heteroatoms. The fourth-order valence-corrected chi connectivity index (χ4v) is 4.99. The van der Waals surface area contributed by atoms with E-state index in [0.717, 1.165) is 42.5 Å². The monoisotopic (exact) mass is 386 g/mol. The minimum atomic E-state index is -3.58. The van der Waals surface area contributed by atoms with Gasteiger partial charge in [-0.25, -0.2) is 8.42 Å². The normalized spacial score (nSPS) is 15.9.